The molecule has 0 bridgehead atoms. The van der Waals surface area contributed by atoms with E-state index in [-0.39, 0.29) is 23.1 Å². The van der Waals surface area contributed by atoms with Crippen molar-refractivity contribution in [3.8, 4) is 11.8 Å². The lowest BCUT2D eigenvalue weighted by atomic mass is 10.2. The second kappa shape index (κ2) is 8.38. The average Bonchev–Trinajstić information content (AvgIpc) is 2.54. The van der Waals surface area contributed by atoms with E-state index in [1.165, 1.54) is 31.5 Å². The Balaban J connectivity index is 2.95. The van der Waals surface area contributed by atoms with Crippen molar-refractivity contribution in [3.05, 3.63) is 40.1 Å². The largest absolute Gasteiger partial charge is 0.494 e. The van der Waals surface area contributed by atoms with Gasteiger partial charge in [-0.15, -0.1) is 0 Å². The Kier molecular flexibility index (Phi) is 6.55. The molecular formula is C15H18N4O4. The maximum atomic E-state index is 11.9. The van der Waals surface area contributed by atoms with E-state index in [9.17, 15) is 14.9 Å². The third kappa shape index (κ3) is 5.00. The number of benzene rings is 1. The Morgan fingerprint density at radius 1 is 1.57 bits per heavy atom. The molecule has 0 aromatic heterocycles. The quantitative estimate of drug-likeness (QED) is 0.345. The molecule has 1 atom stereocenters. The molecule has 23 heavy (non-hydrogen) atoms. The molecule has 1 aromatic carbocycles. The average molecular weight is 318 g/mol. The van der Waals surface area contributed by atoms with Gasteiger partial charge in [0.1, 0.15) is 17.4 Å². The first-order valence-electron chi connectivity index (χ1n) is 6.93. The van der Waals surface area contributed by atoms with Crippen LogP contribution in [0.15, 0.2) is 30.0 Å². The first-order chi connectivity index (χ1) is 10.9. The number of carbonyl (C=O) groups excluding carboxylic acids is 1. The van der Waals surface area contributed by atoms with Gasteiger partial charge in [0.15, 0.2) is 0 Å². The first kappa shape index (κ1) is 18.0. The summed E-state index contributed by atoms with van der Waals surface area (Å²) in [4.78, 5) is 22.1. The molecule has 0 heterocycles. The number of non-ortho nitro benzene ring substituents is 1. The molecule has 1 unspecified atom stereocenters. The van der Waals surface area contributed by atoms with Crippen LogP contribution in [-0.2, 0) is 4.79 Å². The summed E-state index contributed by atoms with van der Waals surface area (Å²) in [6, 6.07) is 5.74. The Morgan fingerprint density at radius 2 is 2.26 bits per heavy atom. The van der Waals surface area contributed by atoms with Crippen molar-refractivity contribution >= 4 is 17.3 Å². The van der Waals surface area contributed by atoms with Gasteiger partial charge < -0.3 is 15.4 Å². The van der Waals surface area contributed by atoms with Crippen molar-refractivity contribution in [2.75, 3.05) is 12.4 Å². The number of hydrogen-bond acceptors (Lipinski definition) is 6. The lowest BCUT2D eigenvalue weighted by Gasteiger charge is -2.11. The Labute approximate surface area is 133 Å². The molecule has 0 radical (unpaired) electrons. The number of anilines is 1. The summed E-state index contributed by atoms with van der Waals surface area (Å²) in [6.45, 7) is 3.75. The van der Waals surface area contributed by atoms with E-state index < -0.39 is 10.8 Å². The van der Waals surface area contributed by atoms with Gasteiger partial charge in [-0.25, -0.2) is 0 Å². The minimum absolute atomic E-state index is 0.0480. The topological polar surface area (TPSA) is 117 Å². The number of nitro groups is 1. The highest BCUT2D eigenvalue weighted by Crippen LogP contribution is 2.29. The van der Waals surface area contributed by atoms with Crippen molar-refractivity contribution < 1.29 is 14.5 Å². The van der Waals surface area contributed by atoms with Crippen LogP contribution in [0.2, 0.25) is 0 Å². The number of rotatable bonds is 7. The van der Waals surface area contributed by atoms with E-state index in [1.807, 2.05) is 13.8 Å². The first-order valence-corrected chi connectivity index (χ1v) is 6.93. The Hall–Kier alpha value is -3.08. The van der Waals surface area contributed by atoms with Gasteiger partial charge in [-0.3, -0.25) is 14.9 Å². The number of hydrogen-bond donors (Lipinski definition) is 2. The summed E-state index contributed by atoms with van der Waals surface area (Å²) in [5.41, 5.74) is 0.180. The number of nitro benzene ring substituents is 1. The molecule has 0 aliphatic rings. The highest BCUT2D eigenvalue weighted by atomic mass is 16.6. The minimum atomic E-state index is -0.539. The molecule has 8 heteroatoms. The second-order valence-corrected chi connectivity index (χ2v) is 4.74. The molecule has 0 aliphatic heterocycles. The van der Waals surface area contributed by atoms with E-state index in [0.717, 1.165) is 6.42 Å². The zero-order valence-corrected chi connectivity index (χ0v) is 13.1. The molecule has 2 N–H and O–H groups in total. The van der Waals surface area contributed by atoms with Crippen molar-refractivity contribution in [2.24, 2.45) is 0 Å². The van der Waals surface area contributed by atoms with E-state index in [1.54, 1.807) is 6.07 Å². The predicted octanol–water partition coefficient (Wildman–Crippen LogP) is 2.34. The van der Waals surface area contributed by atoms with Crippen LogP contribution < -0.4 is 15.4 Å². The van der Waals surface area contributed by atoms with Crippen molar-refractivity contribution in [1.82, 2.24) is 5.32 Å². The lowest BCUT2D eigenvalue weighted by molar-refractivity contribution is -0.384. The van der Waals surface area contributed by atoms with E-state index in [2.05, 4.69) is 10.6 Å². The molecule has 1 rings (SSSR count). The summed E-state index contributed by atoms with van der Waals surface area (Å²) in [5, 5.41) is 25.2. The number of ether oxygens (including phenoxy) is 1. The van der Waals surface area contributed by atoms with Gasteiger partial charge in [-0.05, 0) is 19.4 Å². The van der Waals surface area contributed by atoms with Crippen molar-refractivity contribution in [1.29, 1.82) is 5.26 Å². The van der Waals surface area contributed by atoms with Crippen LogP contribution in [0.3, 0.4) is 0 Å². The van der Waals surface area contributed by atoms with Crippen LogP contribution in [0.1, 0.15) is 20.3 Å². The Bertz CT molecular complexity index is 664. The number of amides is 1. The third-order valence-corrected chi connectivity index (χ3v) is 3.12. The Morgan fingerprint density at radius 3 is 2.78 bits per heavy atom. The van der Waals surface area contributed by atoms with Gasteiger partial charge in [0, 0.05) is 18.3 Å². The third-order valence-electron chi connectivity index (χ3n) is 3.12. The summed E-state index contributed by atoms with van der Waals surface area (Å²) in [5.74, 6) is -0.259. The summed E-state index contributed by atoms with van der Waals surface area (Å²) in [6.07, 6.45) is 1.98. The normalized spacial score (nSPS) is 12.0. The van der Waals surface area contributed by atoms with Gasteiger partial charge >= 0.3 is 0 Å². The van der Waals surface area contributed by atoms with Gasteiger partial charge in [0.25, 0.3) is 11.6 Å². The zero-order valence-electron chi connectivity index (χ0n) is 13.1. The molecule has 0 aliphatic carbocycles. The highest BCUT2D eigenvalue weighted by Gasteiger charge is 2.13. The molecule has 1 aromatic rings. The summed E-state index contributed by atoms with van der Waals surface area (Å²) < 4.78 is 5.06. The SMILES string of the molecule is CCC(C)NC(=O)/C(C#N)=C\Nc1ccc([N+](=O)[O-])cc1OC. The van der Waals surface area contributed by atoms with Crippen molar-refractivity contribution in [2.45, 2.75) is 26.3 Å². The maximum absolute atomic E-state index is 11.9. The molecule has 0 saturated heterocycles. The number of nitriles is 1. The summed E-state index contributed by atoms with van der Waals surface area (Å²) in [7, 11) is 1.37. The molecule has 1 amide bonds. The van der Waals surface area contributed by atoms with Gasteiger partial charge in [-0.1, -0.05) is 6.92 Å². The van der Waals surface area contributed by atoms with Crippen LogP contribution in [0, 0.1) is 21.4 Å². The van der Waals surface area contributed by atoms with Gasteiger partial charge in [-0.2, -0.15) is 5.26 Å². The smallest absolute Gasteiger partial charge is 0.273 e. The molecule has 122 valence electrons. The van der Waals surface area contributed by atoms with Crippen LogP contribution in [0.4, 0.5) is 11.4 Å². The van der Waals surface area contributed by atoms with Crippen LogP contribution in [-0.4, -0.2) is 24.0 Å². The molecular weight excluding hydrogens is 300 g/mol. The highest BCUT2D eigenvalue weighted by molar-refractivity contribution is 5.97. The van der Waals surface area contributed by atoms with Crippen LogP contribution in [0.5, 0.6) is 5.75 Å². The minimum Gasteiger partial charge on any atom is -0.494 e. The lowest BCUT2D eigenvalue weighted by Crippen LogP contribution is -2.33. The number of nitrogens with zero attached hydrogens (tertiary/aromatic N) is 2. The van der Waals surface area contributed by atoms with E-state index in [4.69, 9.17) is 10.00 Å². The maximum Gasteiger partial charge on any atom is 0.273 e. The standard InChI is InChI=1S/C15H18N4O4/c1-4-10(2)18-15(20)11(8-16)9-17-13-6-5-12(19(21)22)7-14(13)23-3/h5-7,9-10,17H,4H2,1-3H3,(H,18,20)/b11-9-. The molecule has 0 fully saturated rings. The predicted molar refractivity (Wildman–Crippen MR) is 84.9 cm³/mol. The van der Waals surface area contributed by atoms with Crippen LogP contribution >= 0.6 is 0 Å². The van der Waals surface area contributed by atoms with Gasteiger partial charge in [0.2, 0.25) is 0 Å². The van der Waals surface area contributed by atoms with Crippen molar-refractivity contribution in [3.63, 3.8) is 0 Å². The zero-order chi connectivity index (χ0) is 17.4. The number of carbonyl (C=O) groups is 1. The molecule has 8 nitrogen and oxygen atoms in total. The number of methoxy groups -OCH3 is 1. The van der Waals surface area contributed by atoms with Gasteiger partial charge in [0.05, 0.1) is 23.8 Å². The fourth-order valence-corrected chi connectivity index (χ4v) is 1.61. The summed E-state index contributed by atoms with van der Waals surface area (Å²) >= 11 is 0. The fraction of sp³-hybridized carbons (Fsp3) is 0.333. The molecule has 0 spiro atoms. The fourth-order valence-electron chi connectivity index (χ4n) is 1.61. The molecule has 0 saturated carbocycles. The van der Waals surface area contributed by atoms with Crippen LogP contribution in [0.25, 0.3) is 0 Å². The van der Waals surface area contributed by atoms with E-state index in [0.29, 0.717) is 5.69 Å². The second-order valence-electron chi connectivity index (χ2n) is 4.74. The monoisotopic (exact) mass is 318 g/mol. The number of nitrogens with one attached hydrogen (secondary N) is 2. The van der Waals surface area contributed by atoms with E-state index >= 15 is 0 Å².